The highest BCUT2D eigenvalue weighted by Gasteiger charge is 2.35. The Morgan fingerprint density at radius 2 is 1.76 bits per heavy atom. The fraction of sp³-hybridized carbons (Fsp3) is 0.867. The molecule has 0 spiro atoms. The summed E-state index contributed by atoms with van der Waals surface area (Å²) in [6, 6.07) is 0. The van der Waals surface area contributed by atoms with Gasteiger partial charge >= 0.3 is 0 Å². The molecule has 2 nitrogen and oxygen atoms in total. The zero-order valence-electron chi connectivity index (χ0n) is 12.1. The van der Waals surface area contributed by atoms with Gasteiger partial charge in [-0.1, -0.05) is 25.7 Å². The Kier molecular flexibility index (Phi) is 5.04. The van der Waals surface area contributed by atoms with Gasteiger partial charge in [0.25, 0.3) is 0 Å². The Hall–Kier alpha value is -0.520. The van der Waals surface area contributed by atoms with Crippen molar-refractivity contribution < 1.29 is 4.74 Å². The van der Waals surface area contributed by atoms with E-state index in [9.17, 15) is 0 Å². The second kappa shape index (κ2) is 5.89. The molecule has 1 saturated heterocycles. The van der Waals surface area contributed by atoms with Crippen LogP contribution in [-0.2, 0) is 4.74 Å². The summed E-state index contributed by atoms with van der Waals surface area (Å²) in [4.78, 5) is 2.32. The number of ether oxygens (including phenoxy) is 1. The van der Waals surface area contributed by atoms with E-state index in [-0.39, 0.29) is 11.2 Å². The third-order valence-corrected chi connectivity index (χ3v) is 3.48. The van der Waals surface area contributed by atoms with Gasteiger partial charge in [-0.25, -0.2) is 0 Å². The number of hydrogen-bond donors (Lipinski definition) is 0. The van der Waals surface area contributed by atoms with E-state index in [1.54, 1.807) is 0 Å². The van der Waals surface area contributed by atoms with Gasteiger partial charge in [-0.05, 0) is 53.1 Å². The summed E-state index contributed by atoms with van der Waals surface area (Å²) in [5.74, 6) is 6.63. The summed E-state index contributed by atoms with van der Waals surface area (Å²) >= 11 is 0. The van der Waals surface area contributed by atoms with Crippen LogP contribution >= 0.6 is 0 Å². The molecule has 1 heterocycles. The zero-order chi connectivity index (χ0) is 12.9. The van der Waals surface area contributed by atoms with Gasteiger partial charge in [0.2, 0.25) is 0 Å². The molecule has 1 aliphatic heterocycles. The maximum atomic E-state index is 6.12. The summed E-state index contributed by atoms with van der Waals surface area (Å²) < 4.78 is 6.12. The molecular weight excluding hydrogens is 210 g/mol. The Morgan fingerprint density at radius 3 is 2.29 bits per heavy atom. The molecule has 0 amide bonds. The van der Waals surface area contributed by atoms with Gasteiger partial charge in [-0.2, -0.15) is 0 Å². The number of rotatable bonds is 3. The third kappa shape index (κ3) is 4.69. The van der Waals surface area contributed by atoms with Crippen LogP contribution in [-0.4, -0.2) is 35.7 Å². The second-order valence-corrected chi connectivity index (χ2v) is 5.71. The van der Waals surface area contributed by atoms with E-state index in [4.69, 9.17) is 4.74 Å². The fourth-order valence-electron chi connectivity index (χ4n) is 2.44. The topological polar surface area (TPSA) is 12.5 Å². The molecule has 2 heteroatoms. The Labute approximate surface area is 107 Å². The van der Waals surface area contributed by atoms with Gasteiger partial charge in [0, 0.05) is 0 Å². The Balaban J connectivity index is 2.57. The fourth-order valence-corrected chi connectivity index (χ4v) is 2.44. The normalized spacial score (nSPS) is 27.6. The van der Waals surface area contributed by atoms with E-state index >= 15 is 0 Å². The SMILES string of the molecule is CCN(CC)CC#CC1(C)CCCC(C)(C)O1. The highest BCUT2D eigenvalue weighted by Crippen LogP contribution is 2.34. The van der Waals surface area contributed by atoms with Gasteiger partial charge in [0.1, 0.15) is 5.60 Å². The largest absolute Gasteiger partial charge is 0.357 e. The third-order valence-electron chi connectivity index (χ3n) is 3.48. The van der Waals surface area contributed by atoms with Crippen LogP contribution in [0.15, 0.2) is 0 Å². The summed E-state index contributed by atoms with van der Waals surface area (Å²) in [5, 5.41) is 0. The first-order valence-corrected chi connectivity index (χ1v) is 6.83. The van der Waals surface area contributed by atoms with Crippen molar-refractivity contribution in [3.63, 3.8) is 0 Å². The highest BCUT2D eigenvalue weighted by molar-refractivity contribution is 5.15. The van der Waals surface area contributed by atoms with E-state index in [2.05, 4.69) is 51.4 Å². The standard InChI is InChI=1S/C15H27NO/c1-6-16(7-2)13-9-12-15(5)11-8-10-14(3,4)17-15/h6-8,10-11,13H2,1-5H3. The number of nitrogens with zero attached hydrogens (tertiary/aromatic N) is 1. The van der Waals surface area contributed by atoms with Crippen LogP contribution in [0.5, 0.6) is 0 Å². The van der Waals surface area contributed by atoms with Crippen LogP contribution in [0.25, 0.3) is 0 Å². The zero-order valence-corrected chi connectivity index (χ0v) is 12.1. The molecule has 0 aromatic heterocycles. The van der Waals surface area contributed by atoms with E-state index in [0.717, 1.165) is 32.5 Å². The average Bonchev–Trinajstić information content (AvgIpc) is 2.22. The Morgan fingerprint density at radius 1 is 1.12 bits per heavy atom. The molecular formula is C15H27NO. The molecule has 0 aromatic rings. The molecule has 1 atom stereocenters. The first-order chi connectivity index (χ1) is 7.91. The van der Waals surface area contributed by atoms with Crippen molar-refractivity contribution in [1.29, 1.82) is 0 Å². The Bertz CT molecular complexity index is 296. The minimum absolute atomic E-state index is 0.0170. The first kappa shape index (κ1) is 14.5. The lowest BCUT2D eigenvalue weighted by Crippen LogP contribution is -2.42. The lowest BCUT2D eigenvalue weighted by atomic mass is 9.88. The monoisotopic (exact) mass is 237 g/mol. The van der Waals surface area contributed by atoms with E-state index in [1.165, 1.54) is 6.42 Å². The molecule has 0 aliphatic carbocycles. The predicted molar refractivity (Wildman–Crippen MR) is 73.0 cm³/mol. The van der Waals surface area contributed by atoms with Gasteiger partial charge in [0.05, 0.1) is 12.1 Å². The summed E-state index contributed by atoms with van der Waals surface area (Å²) in [7, 11) is 0. The maximum absolute atomic E-state index is 6.12. The van der Waals surface area contributed by atoms with Crippen molar-refractivity contribution in [2.45, 2.75) is 65.1 Å². The van der Waals surface area contributed by atoms with Crippen LogP contribution in [0, 0.1) is 11.8 Å². The average molecular weight is 237 g/mol. The van der Waals surface area contributed by atoms with E-state index < -0.39 is 0 Å². The molecule has 98 valence electrons. The van der Waals surface area contributed by atoms with Crippen molar-refractivity contribution in [2.24, 2.45) is 0 Å². The van der Waals surface area contributed by atoms with Crippen LogP contribution in [0.3, 0.4) is 0 Å². The minimum atomic E-state index is -0.241. The van der Waals surface area contributed by atoms with Gasteiger partial charge < -0.3 is 4.74 Å². The molecule has 1 fully saturated rings. The van der Waals surface area contributed by atoms with Crippen LogP contribution in [0.1, 0.15) is 53.9 Å². The van der Waals surface area contributed by atoms with Gasteiger partial charge in [-0.15, -0.1) is 0 Å². The minimum Gasteiger partial charge on any atom is -0.357 e. The molecule has 1 aliphatic rings. The van der Waals surface area contributed by atoms with Crippen molar-refractivity contribution >= 4 is 0 Å². The quantitative estimate of drug-likeness (QED) is 0.699. The molecule has 0 saturated carbocycles. The first-order valence-electron chi connectivity index (χ1n) is 6.83. The molecule has 1 rings (SSSR count). The molecule has 1 unspecified atom stereocenters. The van der Waals surface area contributed by atoms with Crippen LogP contribution in [0.4, 0.5) is 0 Å². The van der Waals surface area contributed by atoms with Gasteiger partial charge in [0.15, 0.2) is 0 Å². The lowest BCUT2D eigenvalue weighted by molar-refractivity contribution is -0.135. The second-order valence-electron chi connectivity index (χ2n) is 5.71. The molecule has 17 heavy (non-hydrogen) atoms. The number of hydrogen-bond acceptors (Lipinski definition) is 2. The predicted octanol–water partition coefficient (Wildman–Crippen LogP) is 3.07. The molecule has 0 radical (unpaired) electrons. The molecule has 0 aromatic carbocycles. The van der Waals surface area contributed by atoms with Gasteiger partial charge in [-0.3, -0.25) is 4.90 Å². The maximum Gasteiger partial charge on any atom is 0.126 e. The van der Waals surface area contributed by atoms with Crippen LogP contribution in [0.2, 0.25) is 0 Å². The van der Waals surface area contributed by atoms with Crippen molar-refractivity contribution in [1.82, 2.24) is 4.90 Å². The lowest BCUT2D eigenvalue weighted by Gasteiger charge is -2.40. The van der Waals surface area contributed by atoms with Crippen molar-refractivity contribution in [3.05, 3.63) is 0 Å². The summed E-state index contributed by atoms with van der Waals surface area (Å²) in [5.41, 5.74) is -0.258. The summed E-state index contributed by atoms with van der Waals surface area (Å²) in [6.45, 7) is 13.8. The molecule has 0 bridgehead atoms. The highest BCUT2D eigenvalue weighted by atomic mass is 16.5. The molecule has 0 N–H and O–H groups in total. The van der Waals surface area contributed by atoms with E-state index in [1.807, 2.05) is 0 Å². The van der Waals surface area contributed by atoms with Crippen molar-refractivity contribution in [2.75, 3.05) is 19.6 Å². The smallest absolute Gasteiger partial charge is 0.126 e. The summed E-state index contributed by atoms with van der Waals surface area (Å²) in [6.07, 6.45) is 3.41. The van der Waals surface area contributed by atoms with Crippen LogP contribution < -0.4 is 0 Å². The van der Waals surface area contributed by atoms with E-state index in [0.29, 0.717) is 0 Å². The van der Waals surface area contributed by atoms with Crippen molar-refractivity contribution in [3.8, 4) is 11.8 Å².